The van der Waals surface area contributed by atoms with Crippen LogP contribution >= 0.6 is 40.7 Å². The summed E-state index contributed by atoms with van der Waals surface area (Å²) in [7, 11) is 0. The summed E-state index contributed by atoms with van der Waals surface area (Å²) < 4.78 is 43.9. The van der Waals surface area contributed by atoms with Gasteiger partial charge in [-0.3, -0.25) is 4.90 Å². The molecule has 9 heteroatoms. The highest BCUT2D eigenvalue weighted by molar-refractivity contribution is 9.10. The van der Waals surface area contributed by atoms with E-state index in [1.807, 2.05) is 6.07 Å². The highest BCUT2D eigenvalue weighted by Gasteiger charge is 2.37. The molecule has 1 aromatic rings. The van der Waals surface area contributed by atoms with Gasteiger partial charge in [0.15, 0.2) is 0 Å². The van der Waals surface area contributed by atoms with Crippen molar-refractivity contribution < 1.29 is 17.9 Å². The molecule has 1 aromatic carbocycles. The van der Waals surface area contributed by atoms with Crippen LogP contribution in [0.4, 0.5) is 13.2 Å². The zero-order valence-corrected chi connectivity index (χ0v) is 18.2. The van der Waals surface area contributed by atoms with E-state index in [-0.39, 0.29) is 36.6 Å². The van der Waals surface area contributed by atoms with Gasteiger partial charge in [-0.25, -0.2) is 0 Å². The largest absolute Gasteiger partial charge is 0.573 e. The molecule has 1 aliphatic carbocycles. The minimum absolute atomic E-state index is 0. The number of piperazine rings is 1. The second kappa shape index (κ2) is 11.1. The fourth-order valence-corrected chi connectivity index (χ4v) is 4.51. The molecule has 3 nitrogen and oxygen atoms in total. The molecular formula is C18H26BrCl2F3N2O. The Morgan fingerprint density at radius 3 is 2.30 bits per heavy atom. The van der Waals surface area contributed by atoms with Crippen molar-refractivity contribution in [3.05, 3.63) is 28.2 Å². The Bertz CT molecular complexity index is 562. The van der Waals surface area contributed by atoms with Crippen molar-refractivity contribution in [2.24, 2.45) is 5.92 Å². The molecule has 0 bridgehead atoms. The summed E-state index contributed by atoms with van der Waals surface area (Å²) in [6, 6.07) is 4.82. The molecule has 0 aromatic heterocycles. The molecule has 1 heterocycles. The summed E-state index contributed by atoms with van der Waals surface area (Å²) in [5, 5.41) is 3.33. The summed E-state index contributed by atoms with van der Waals surface area (Å²) in [6.45, 7) is 3.43. The first kappa shape index (κ1) is 24.8. The van der Waals surface area contributed by atoms with Crippen molar-refractivity contribution in [2.45, 2.75) is 44.5 Å². The van der Waals surface area contributed by atoms with E-state index in [1.165, 1.54) is 12.5 Å². The van der Waals surface area contributed by atoms with Crippen LogP contribution in [0.5, 0.6) is 5.75 Å². The second-order valence-corrected chi connectivity index (χ2v) is 7.77. The van der Waals surface area contributed by atoms with Crippen LogP contribution in [0.1, 0.15) is 43.7 Å². The lowest BCUT2D eigenvalue weighted by Crippen LogP contribution is -2.47. The molecule has 2 fully saturated rings. The molecular weight excluding hydrogens is 468 g/mol. The van der Waals surface area contributed by atoms with Gasteiger partial charge in [0.25, 0.3) is 0 Å². The minimum atomic E-state index is -4.68. The Labute approximate surface area is 179 Å². The molecule has 27 heavy (non-hydrogen) atoms. The lowest BCUT2D eigenvalue weighted by atomic mass is 9.80. The number of alkyl halides is 3. The quantitative estimate of drug-likeness (QED) is 0.580. The van der Waals surface area contributed by atoms with Gasteiger partial charge >= 0.3 is 6.36 Å². The first-order valence-electron chi connectivity index (χ1n) is 8.94. The minimum Gasteiger partial charge on any atom is -0.405 e. The standard InChI is InChI=1S/C18H24BrF3N2O.2ClH/c19-14-6-7-16(25-18(20,21)22)15(12-14)17(13-4-2-1-3-5-13)24-10-8-23-9-11-24;;/h6-7,12-13,17,23H,1-5,8-11H2;2*1H/t17-;;/m1../s1. The lowest BCUT2D eigenvalue weighted by molar-refractivity contribution is -0.275. The van der Waals surface area contributed by atoms with Gasteiger partial charge in [-0.15, -0.1) is 38.0 Å². The van der Waals surface area contributed by atoms with Crippen molar-refractivity contribution in [3.8, 4) is 5.75 Å². The summed E-state index contributed by atoms with van der Waals surface area (Å²) >= 11 is 3.42. The van der Waals surface area contributed by atoms with E-state index >= 15 is 0 Å². The number of nitrogens with zero attached hydrogens (tertiary/aromatic N) is 1. The lowest BCUT2D eigenvalue weighted by Gasteiger charge is -2.41. The van der Waals surface area contributed by atoms with Gasteiger partial charge in [0.2, 0.25) is 0 Å². The number of nitrogens with one attached hydrogen (secondary N) is 1. The predicted molar refractivity (Wildman–Crippen MR) is 109 cm³/mol. The van der Waals surface area contributed by atoms with Gasteiger partial charge in [0.05, 0.1) is 0 Å². The highest BCUT2D eigenvalue weighted by atomic mass is 79.9. The number of ether oxygens (including phenoxy) is 1. The average Bonchev–Trinajstić information content (AvgIpc) is 2.58. The highest BCUT2D eigenvalue weighted by Crippen LogP contribution is 2.43. The zero-order valence-electron chi connectivity index (χ0n) is 14.9. The first-order valence-corrected chi connectivity index (χ1v) is 9.73. The Morgan fingerprint density at radius 1 is 1.07 bits per heavy atom. The number of hydrogen-bond acceptors (Lipinski definition) is 3. The van der Waals surface area contributed by atoms with Crippen molar-refractivity contribution in [1.29, 1.82) is 0 Å². The van der Waals surface area contributed by atoms with Gasteiger partial charge in [-0.2, -0.15) is 0 Å². The van der Waals surface area contributed by atoms with Crippen LogP contribution in [0, 0.1) is 5.92 Å². The summed E-state index contributed by atoms with van der Waals surface area (Å²) in [5.74, 6) is 0.307. The van der Waals surface area contributed by atoms with Crippen LogP contribution < -0.4 is 10.1 Å². The van der Waals surface area contributed by atoms with E-state index in [2.05, 4.69) is 30.9 Å². The third-order valence-electron chi connectivity index (χ3n) is 5.16. The van der Waals surface area contributed by atoms with E-state index in [1.54, 1.807) is 6.07 Å². The van der Waals surface area contributed by atoms with E-state index in [9.17, 15) is 13.2 Å². The van der Waals surface area contributed by atoms with Crippen LogP contribution in [0.3, 0.4) is 0 Å². The van der Waals surface area contributed by atoms with Gasteiger partial charge in [0.1, 0.15) is 5.75 Å². The van der Waals surface area contributed by atoms with Crippen molar-refractivity contribution in [2.75, 3.05) is 26.2 Å². The van der Waals surface area contributed by atoms with Crippen LogP contribution in [-0.2, 0) is 0 Å². The molecule has 1 N–H and O–H groups in total. The fourth-order valence-electron chi connectivity index (χ4n) is 4.13. The topological polar surface area (TPSA) is 24.5 Å². The number of hydrogen-bond donors (Lipinski definition) is 1. The van der Waals surface area contributed by atoms with Gasteiger partial charge in [-0.05, 0) is 37.0 Å². The molecule has 156 valence electrons. The monoisotopic (exact) mass is 492 g/mol. The van der Waals surface area contributed by atoms with Gasteiger partial charge in [-0.1, -0.05) is 35.2 Å². The van der Waals surface area contributed by atoms with Crippen molar-refractivity contribution in [3.63, 3.8) is 0 Å². The fraction of sp³-hybridized carbons (Fsp3) is 0.667. The molecule has 1 saturated heterocycles. The van der Waals surface area contributed by atoms with E-state index < -0.39 is 6.36 Å². The molecule has 0 unspecified atom stereocenters. The molecule has 0 amide bonds. The van der Waals surface area contributed by atoms with Crippen LogP contribution in [0.2, 0.25) is 0 Å². The summed E-state index contributed by atoms with van der Waals surface area (Å²) in [5.41, 5.74) is 0.653. The molecule has 1 saturated carbocycles. The smallest absolute Gasteiger partial charge is 0.405 e. The average molecular weight is 494 g/mol. The molecule has 2 aliphatic rings. The van der Waals surface area contributed by atoms with E-state index in [4.69, 9.17) is 0 Å². The number of rotatable bonds is 4. The summed E-state index contributed by atoms with van der Waals surface area (Å²) in [6.07, 6.45) is 0.963. The normalized spacial score (nSPS) is 20.3. The van der Waals surface area contributed by atoms with Crippen molar-refractivity contribution >= 4 is 40.7 Å². The maximum Gasteiger partial charge on any atom is 0.573 e. The first-order chi connectivity index (χ1) is 11.9. The Morgan fingerprint density at radius 2 is 1.70 bits per heavy atom. The predicted octanol–water partition coefficient (Wildman–Crippen LogP) is 5.72. The molecule has 3 rings (SSSR count). The van der Waals surface area contributed by atoms with Crippen molar-refractivity contribution in [1.82, 2.24) is 10.2 Å². The Balaban J connectivity index is 0.00000182. The maximum atomic E-state index is 12.9. The molecule has 1 atom stereocenters. The SMILES string of the molecule is Cl.Cl.FC(F)(F)Oc1ccc(Br)cc1[C@@H](C1CCCCC1)N1CCNCC1. The molecule has 0 radical (unpaired) electrons. The Kier molecular flexibility index (Phi) is 10.2. The zero-order chi connectivity index (χ0) is 17.9. The third kappa shape index (κ3) is 6.96. The van der Waals surface area contributed by atoms with Crippen LogP contribution in [0.15, 0.2) is 22.7 Å². The maximum absolute atomic E-state index is 12.9. The van der Waals surface area contributed by atoms with E-state index in [0.29, 0.717) is 11.5 Å². The van der Waals surface area contributed by atoms with Crippen LogP contribution in [0.25, 0.3) is 0 Å². The van der Waals surface area contributed by atoms with Gasteiger partial charge < -0.3 is 10.1 Å². The Hall–Kier alpha value is -0.210. The van der Waals surface area contributed by atoms with Crippen LogP contribution in [-0.4, -0.2) is 37.4 Å². The molecule has 0 spiro atoms. The molecule has 1 aliphatic heterocycles. The van der Waals surface area contributed by atoms with Gasteiger partial charge in [0, 0.05) is 42.3 Å². The summed E-state index contributed by atoms with van der Waals surface area (Å²) in [4.78, 5) is 2.33. The number of benzene rings is 1. The second-order valence-electron chi connectivity index (χ2n) is 6.86. The van der Waals surface area contributed by atoms with E-state index in [0.717, 1.165) is 56.3 Å². The number of halogens is 6. The third-order valence-corrected chi connectivity index (χ3v) is 5.65.